The van der Waals surface area contributed by atoms with Gasteiger partial charge in [0.25, 0.3) is 0 Å². The molecule has 2 aromatic carbocycles. The molecule has 0 bridgehead atoms. The van der Waals surface area contributed by atoms with Crippen LogP contribution in [0.5, 0.6) is 0 Å². The summed E-state index contributed by atoms with van der Waals surface area (Å²) in [5.74, 6) is -7.85. The number of halogens is 6. The van der Waals surface area contributed by atoms with Gasteiger partial charge in [0, 0.05) is 0 Å². The van der Waals surface area contributed by atoms with Gasteiger partial charge in [-0.3, -0.25) is 0 Å². The van der Waals surface area contributed by atoms with Crippen LogP contribution in [0.15, 0.2) is 68.5 Å². The van der Waals surface area contributed by atoms with Gasteiger partial charge >= 0.3 is 167 Å². The molecule has 0 saturated carbocycles. The van der Waals surface area contributed by atoms with Crippen LogP contribution in [0.1, 0.15) is 12.8 Å². The molecule has 2 aromatic rings. The third kappa shape index (κ3) is 2.97. The summed E-state index contributed by atoms with van der Waals surface area (Å²) in [5, 5.41) is 0. The zero-order valence-electron chi connectivity index (χ0n) is 15.0. The Hall–Kier alpha value is -2.31. The fraction of sp³-hybridized carbons (Fsp3) is 0.0909. The van der Waals surface area contributed by atoms with Crippen LogP contribution in [-0.2, 0) is 16.6 Å². The molecule has 0 N–H and O–H groups in total. The summed E-state index contributed by atoms with van der Waals surface area (Å²) >= 11 is -5.04. The molecular formula is C22H14F6Ti. The van der Waals surface area contributed by atoms with Crippen LogP contribution in [0.3, 0.4) is 0 Å². The van der Waals surface area contributed by atoms with E-state index in [4.69, 9.17) is 0 Å². The Bertz CT molecular complexity index is 1040. The topological polar surface area (TPSA) is 0 Å². The molecule has 2 aliphatic carbocycles. The second kappa shape index (κ2) is 7.50. The maximum atomic E-state index is 15.1. The average Bonchev–Trinajstić information content (AvgIpc) is 3.41. The Morgan fingerprint density at radius 2 is 0.931 bits per heavy atom. The molecule has 0 spiro atoms. The fourth-order valence-electron chi connectivity index (χ4n) is 4.17. The molecule has 0 fully saturated rings. The Morgan fingerprint density at radius 1 is 0.552 bits per heavy atom. The molecule has 4 rings (SSSR count). The van der Waals surface area contributed by atoms with Gasteiger partial charge in [0.15, 0.2) is 0 Å². The molecule has 29 heavy (non-hydrogen) atoms. The van der Waals surface area contributed by atoms with Gasteiger partial charge < -0.3 is 0 Å². The summed E-state index contributed by atoms with van der Waals surface area (Å²) in [7, 11) is 0. The summed E-state index contributed by atoms with van der Waals surface area (Å²) in [6, 6.07) is 2.74. The van der Waals surface area contributed by atoms with Gasteiger partial charge in [-0.15, -0.1) is 0 Å². The van der Waals surface area contributed by atoms with E-state index >= 15 is 17.6 Å². The van der Waals surface area contributed by atoms with Gasteiger partial charge in [-0.05, 0) is 0 Å². The van der Waals surface area contributed by atoms with E-state index in [9.17, 15) is 8.78 Å². The molecule has 0 amide bonds. The monoisotopic (exact) mass is 440 g/mol. The first-order valence-corrected chi connectivity index (χ1v) is 12.0. The van der Waals surface area contributed by atoms with Crippen molar-refractivity contribution >= 4 is 7.74 Å². The Morgan fingerprint density at radius 3 is 1.28 bits per heavy atom. The molecule has 0 saturated heterocycles. The van der Waals surface area contributed by atoms with E-state index in [1.807, 2.05) is 0 Å². The summed E-state index contributed by atoms with van der Waals surface area (Å²) in [6.07, 6.45) is 10.1. The van der Waals surface area contributed by atoms with Crippen molar-refractivity contribution in [3.63, 3.8) is 0 Å². The molecule has 0 atom stereocenters. The van der Waals surface area contributed by atoms with E-state index in [0.717, 1.165) is 12.1 Å². The van der Waals surface area contributed by atoms with Crippen LogP contribution < -0.4 is 7.74 Å². The number of benzene rings is 2. The minimum absolute atomic E-state index is 0.183. The SMILES string of the molecule is Fc1ccc(F)[c]([Ti]([C]2=CC=CC2)([C]2=CC=CC2)[c]2c(F)ccc(F)c2F)c1F. The third-order valence-corrected chi connectivity index (χ3v) is 13.3. The second-order valence-electron chi connectivity index (χ2n) is 6.83. The molecule has 7 heteroatoms. The van der Waals surface area contributed by atoms with Crippen molar-refractivity contribution in [3.8, 4) is 0 Å². The van der Waals surface area contributed by atoms with Crippen LogP contribution in [0.2, 0.25) is 0 Å². The predicted molar refractivity (Wildman–Crippen MR) is 95.6 cm³/mol. The summed E-state index contributed by atoms with van der Waals surface area (Å²) in [6.45, 7) is 0. The average molecular weight is 440 g/mol. The molecule has 2 aliphatic rings. The number of allylic oxidation sites excluding steroid dienone is 8. The molecule has 0 aromatic heterocycles. The minimum atomic E-state index is -5.04. The fourth-order valence-corrected chi connectivity index (χ4v) is 12.4. The Balaban J connectivity index is 2.22. The van der Waals surface area contributed by atoms with E-state index < -0.39 is 59.2 Å². The summed E-state index contributed by atoms with van der Waals surface area (Å²) in [4.78, 5) is 0. The zero-order chi connectivity index (χ0) is 20.8. The Labute approximate surface area is 166 Å². The van der Waals surface area contributed by atoms with Crippen LogP contribution in [0.25, 0.3) is 0 Å². The molecule has 0 nitrogen and oxygen atoms in total. The third-order valence-electron chi connectivity index (χ3n) is 5.34. The summed E-state index contributed by atoms with van der Waals surface area (Å²) < 4.78 is 88.3. The standard InChI is InChI=1S/2C6H2F3.2C5H5.Ti/c2*7-4-1-2-5(8)6(9)3-4;2*1-2-4-5-3-1;/h2*1-2H;2*1-3H,4H2;. The number of rotatable bonds is 4. The molecular weight excluding hydrogens is 426 g/mol. The number of hydrogen-bond donors (Lipinski definition) is 0. The van der Waals surface area contributed by atoms with Gasteiger partial charge in [-0.25, -0.2) is 0 Å². The molecule has 148 valence electrons. The van der Waals surface area contributed by atoms with E-state index in [-0.39, 0.29) is 12.8 Å². The van der Waals surface area contributed by atoms with Gasteiger partial charge in [0.05, 0.1) is 0 Å². The molecule has 0 unspecified atom stereocenters. The maximum absolute atomic E-state index is 15.1. The van der Waals surface area contributed by atoms with Crippen LogP contribution in [0.4, 0.5) is 26.3 Å². The quantitative estimate of drug-likeness (QED) is 0.344. The normalized spacial score (nSPS) is 15.8. The molecule has 0 heterocycles. The van der Waals surface area contributed by atoms with Gasteiger partial charge in [0.1, 0.15) is 0 Å². The van der Waals surface area contributed by atoms with Crippen molar-refractivity contribution in [2.24, 2.45) is 0 Å². The van der Waals surface area contributed by atoms with Crippen LogP contribution in [0, 0.1) is 34.9 Å². The van der Waals surface area contributed by atoms with Crippen molar-refractivity contribution < 1.29 is 42.9 Å². The van der Waals surface area contributed by atoms with Crippen molar-refractivity contribution in [2.75, 3.05) is 0 Å². The van der Waals surface area contributed by atoms with E-state index in [1.165, 1.54) is 0 Å². The van der Waals surface area contributed by atoms with Gasteiger partial charge in [-0.2, -0.15) is 0 Å². The first-order valence-electron chi connectivity index (χ1n) is 8.89. The molecule has 0 aliphatic heterocycles. The first kappa shape index (κ1) is 20.0. The second-order valence-corrected chi connectivity index (χ2v) is 12.7. The van der Waals surface area contributed by atoms with Crippen molar-refractivity contribution in [3.05, 3.63) is 103 Å². The van der Waals surface area contributed by atoms with Crippen LogP contribution in [-0.4, -0.2) is 0 Å². The van der Waals surface area contributed by atoms with Gasteiger partial charge in [-0.1, -0.05) is 0 Å². The van der Waals surface area contributed by atoms with Crippen molar-refractivity contribution in [1.29, 1.82) is 0 Å². The first-order chi connectivity index (χ1) is 13.9. The Kier molecular flexibility index (Phi) is 5.17. The van der Waals surface area contributed by atoms with Crippen LogP contribution >= 0.6 is 0 Å². The van der Waals surface area contributed by atoms with Crippen molar-refractivity contribution in [1.82, 2.24) is 0 Å². The zero-order valence-corrected chi connectivity index (χ0v) is 16.5. The summed E-state index contributed by atoms with van der Waals surface area (Å²) in [5.41, 5.74) is 0. The predicted octanol–water partition coefficient (Wildman–Crippen LogP) is 5.31. The van der Waals surface area contributed by atoms with Crippen molar-refractivity contribution in [2.45, 2.75) is 12.8 Å². The number of hydrogen-bond acceptors (Lipinski definition) is 0. The van der Waals surface area contributed by atoms with Gasteiger partial charge in [0.2, 0.25) is 0 Å². The van der Waals surface area contributed by atoms with E-state index in [2.05, 4.69) is 0 Å². The molecule has 0 radical (unpaired) electrons. The van der Waals surface area contributed by atoms with E-state index in [1.54, 1.807) is 36.5 Å². The van der Waals surface area contributed by atoms with E-state index in [0.29, 0.717) is 19.9 Å².